The van der Waals surface area contributed by atoms with Gasteiger partial charge in [-0.1, -0.05) is 31.5 Å². The lowest BCUT2D eigenvalue weighted by Crippen LogP contribution is -2.45. The molecule has 1 fully saturated rings. The van der Waals surface area contributed by atoms with Crippen LogP contribution in [0.3, 0.4) is 0 Å². The van der Waals surface area contributed by atoms with Gasteiger partial charge in [0.15, 0.2) is 11.5 Å². The zero-order valence-corrected chi connectivity index (χ0v) is 26.2. The first-order valence-electron chi connectivity index (χ1n) is 15.3. The number of carboxylic acid groups (broad SMARTS) is 1. The summed E-state index contributed by atoms with van der Waals surface area (Å²) in [7, 11) is 7.27. The van der Waals surface area contributed by atoms with Gasteiger partial charge < -0.3 is 33.9 Å². The van der Waals surface area contributed by atoms with Crippen molar-refractivity contribution in [3.05, 3.63) is 47.5 Å². The third-order valence-corrected chi connectivity index (χ3v) is 8.55. The van der Waals surface area contributed by atoms with Crippen LogP contribution in [0.2, 0.25) is 0 Å². The number of methoxy groups -OCH3 is 2. The smallest absolute Gasteiger partial charge is 0.308 e. The number of carbonyl (C=O) groups excluding carboxylic acids is 1. The molecule has 1 unspecified atom stereocenters. The lowest BCUT2D eigenvalue weighted by molar-refractivity contribution is -0.143. The minimum atomic E-state index is -0.879. The van der Waals surface area contributed by atoms with Crippen LogP contribution >= 0.6 is 0 Å². The minimum Gasteiger partial charge on any atom is -0.496 e. The van der Waals surface area contributed by atoms with E-state index in [0.29, 0.717) is 49.7 Å². The van der Waals surface area contributed by atoms with E-state index in [1.165, 1.54) is 0 Å². The Balaban J connectivity index is 1.64. The van der Waals surface area contributed by atoms with Crippen molar-refractivity contribution < 1.29 is 33.6 Å². The van der Waals surface area contributed by atoms with Crippen LogP contribution in [-0.2, 0) is 16.0 Å². The number of carboxylic acids is 1. The van der Waals surface area contributed by atoms with Crippen molar-refractivity contribution in [3.63, 3.8) is 0 Å². The molecule has 1 N–H and O–H groups in total. The summed E-state index contributed by atoms with van der Waals surface area (Å²) >= 11 is 0. The average Bonchev–Trinajstić information content (AvgIpc) is 3.62. The zero-order chi connectivity index (χ0) is 30.9. The summed E-state index contributed by atoms with van der Waals surface area (Å²) < 4.78 is 22.4. The molecule has 10 nitrogen and oxygen atoms in total. The predicted molar refractivity (Wildman–Crippen MR) is 164 cm³/mol. The number of likely N-dealkylation sites (tertiary alicyclic amines) is 1. The summed E-state index contributed by atoms with van der Waals surface area (Å²) in [5.41, 5.74) is 1.82. The third kappa shape index (κ3) is 7.92. The Morgan fingerprint density at radius 3 is 2.47 bits per heavy atom. The Bertz CT molecular complexity index is 1240. The molecule has 2 aliphatic rings. The van der Waals surface area contributed by atoms with E-state index in [4.69, 9.17) is 18.9 Å². The molecule has 236 valence electrons. The van der Waals surface area contributed by atoms with Crippen LogP contribution in [0.1, 0.15) is 49.7 Å². The van der Waals surface area contributed by atoms with Crippen molar-refractivity contribution in [1.82, 2.24) is 14.7 Å². The Kier molecular flexibility index (Phi) is 11.5. The monoisotopic (exact) mass is 597 g/mol. The molecular formula is C33H47N3O7. The lowest BCUT2D eigenvalue weighted by atomic mass is 9.83. The highest BCUT2D eigenvalue weighted by Crippen LogP contribution is 2.47. The number of rotatable bonds is 16. The molecule has 1 saturated heterocycles. The van der Waals surface area contributed by atoms with Crippen LogP contribution in [0.15, 0.2) is 36.4 Å². The Morgan fingerprint density at radius 2 is 1.77 bits per heavy atom. The summed E-state index contributed by atoms with van der Waals surface area (Å²) in [6.07, 6.45) is 4.01. The van der Waals surface area contributed by atoms with E-state index >= 15 is 0 Å². The molecule has 0 aromatic heterocycles. The van der Waals surface area contributed by atoms with E-state index in [1.54, 1.807) is 14.2 Å². The van der Waals surface area contributed by atoms with Crippen LogP contribution < -0.4 is 18.9 Å². The molecular weight excluding hydrogens is 550 g/mol. The second-order valence-corrected chi connectivity index (χ2v) is 11.7. The third-order valence-electron chi connectivity index (χ3n) is 8.55. The number of hydrogen-bond acceptors (Lipinski definition) is 8. The van der Waals surface area contributed by atoms with E-state index in [0.717, 1.165) is 42.7 Å². The number of unbranched alkanes of at least 4 members (excludes halogenated alkanes) is 1. The highest BCUT2D eigenvalue weighted by Gasteiger charge is 2.47. The molecule has 10 heteroatoms. The van der Waals surface area contributed by atoms with Gasteiger partial charge in [-0.05, 0) is 75.6 Å². The number of fused-ring (bicyclic) bond motifs is 1. The van der Waals surface area contributed by atoms with Gasteiger partial charge in [-0.2, -0.15) is 0 Å². The second kappa shape index (κ2) is 15.3. The molecule has 3 atom stereocenters. The maximum absolute atomic E-state index is 13.8. The summed E-state index contributed by atoms with van der Waals surface area (Å²) in [6.45, 7) is 5.10. The highest BCUT2D eigenvalue weighted by molar-refractivity contribution is 5.79. The molecule has 0 spiro atoms. The van der Waals surface area contributed by atoms with Crippen LogP contribution in [0, 0.1) is 5.92 Å². The Hall–Kier alpha value is -3.50. The molecule has 2 aromatic rings. The largest absolute Gasteiger partial charge is 0.496 e. The zero-order valence-electron chi connectivity index (χ0n) is 26.2. The fourth-order valence-electron chi connectivity index (χ4n) is 6.33. The van der Waals surface area contributed by atoms with Gasteiger partial charge in [-0.3, -0.25) is 14.5 Å². The number of para-hydroxylation sites is 1. The van der Waals surface area contributed by atoms with E-state index in [1.807, 2.05) is 55.4 Å². The number of benzene rings is 2. The normalized spacial score (nSPS) is 19.5. The number of carbonyl (C=O) groups is 2. The van der Waals surface area contributed by atoms with E-state index in [2.05, 4.69) is 16.7 Å². The fourth-order valence-corrected chi connectivity index (χ4v) is 6.33. The molecule has 0 aliphatic carbocycles. The van der Waals surface area contributed by atoms with Crippen molar-refractivity contribution in [2.75, 3.05) is 67.8 Å². The fraction of sp³-hybridized carbons (Fsp3) is 0.576. The van der Waals surface area contributed by atoms with Gasteiger partial charge in [0.05, 0.1) is 26.7 Å². The van der Waals surface area contributed by atoms with Gasteiger partial charge in [-0.25, -0.2) is 0 Å². The Labute approximate surface area is 255 Å². The minimum absolute atomic E-state index is 0.0440. The first kappa shape index (κ1) is 32.4. The van der Waals surface area contributed by atoms with Crippen molar-refractivity contribution in [3.8, 4) is 23.0 Å². The van der Waals surface area contributed by atoms with E-state index < -0.39 is 11.9 Å². The SMILES string of the molecule is CCCCN(CCCN(C)C)C(=O)CN1C[C@H](c2cc(OC)c3c(c2)OCO3)C(C(=O)O)[C@@H]1CCc1ccccc1OC. The van der Waals surface area contributed by atoms with Crippen molar-refractivity contribution in [1.29, 1.82) is 0 Å². The quantitative estimate of drug-likeness (QED) is 0.306. The molecule has 0 saturated carbocycles. The molecule has 2 aromatic carbocycles. The van der Waals surface area contributed by atoms with Gasteiger partial charge in [0.2, 0.25) is 18.4 Å². The van der Waals surface area contributed by atoms with Crippen LogP contribution in [0.25, 0.3) is 0 Å². The van der Waals surface area contributed by atoms with Crippen LogP contribution in [0.4, 0.5) is 0 Å². The Morgan fingerprint density at radius 1 is 1.02 bits per heavy atom. The van der Waals surface area contributed by atoms with E-state index in [-0.39, 0.29) is 31.2 Å². The molecule has 4 rings (SSSR count). The van der Waals surface area contributed by atoms with Crippen molar-refractivity contribution in [2.45, 2.75) is 51.0 Å². The molecule has 2 heterocycles. The molecule has 1 amide bonds. The average molecular weight is 598 g/mol. The van der Waals surface area contributed by atoms with Crippen LogP contribution in [-0.4, -0.2) is 106 Å². The standard InChI is InChI=1S/C33H47N3O7/c1-6-7-16-35(17-10-15-34(2)3)30(37)21-36-20-25(24-18-28(41-5)32-29(19-24)42-22-43-32)31(33(38)39)26(36)14-13-23-11-8-9-12-27(23)40-4/h8-9,11-12,18-19,25-26,31H,6-7,10,13-17,20-22H2,1-5H3,(H,38,39)/t25-,26+,31?/m1/s1. The molecule has 43 heavy (non-hydrogen) atoms. The summed E-state index contributed by atoms with van der Waals surface area (Å²) in [5, 5.41) is 10.6. The highest BCUT2D eigenvalue weighted by atomic mass is 16.7. The van der Waals surface area contributed by atoms with Gasteiger partial charge in [0.1, 0.15) is 5.75 Å². The molecule has 0 radical (unpaired) electrons. The topological polar surface area (TPSA) is 101 Å². The van der Waals surface area contributed by atoms with Gasteiger partial charge in [0.25, 0.3) is 0 Å². The van der Waals surface area contributed by atoms with Gasteiger partial charge in [-0.15, -0.1) is 0 Å². The van der Waals surface area contributed by atoms with Gasteiger partial charge >= 0.3 is 5.97 Å². The summed E-state index contributed by atoms with van der Waals surface area (Å²) in [6, 6.07) is 11.2. The van der Waals surface area contributed by atoms with Crippen molar-refractivity contribution in [2.24, 2.45) is 5.92 Å². The van der Waals surface area contributed by atoms with E-state index in [9.17, 15) is 14.7 Å². The molecule has 2 aliphatic heterocycles. The first-order valence-corrected chi connectivity index (χ1v) is 15.3. The first-order chi connectivity index (χ1) is 20.8. The summed E-state index contributed by atoms with van der Waals surface area (Å²) in [5.74, 6) is 0.433. The molecule has 0 bridgehead atoms. The number of amides is 1. The predicted octanol–water partition coefficient (Wildman–Crippen LogP) is 4.11. The summed E-state index contributed by atoms with van der Waals surface area (Å²) in [4.78, 5) is 33.0. The number of aliphatic carboxylic acids is 1. The number of nitrogens with zero attached hydrogens (tertiary/aromatic N) is 3. The van der Waals surface area contributed by atoms with Gasteiger partial charge in [0, 0.05) is 31.6 Å². The maximum atomic E-state index is 13.8. The van der Waals surface area contributed by atoms with Crippen molar-refractivity contribution >= 4 is 11.9 Å². The lowest BCUT2D eigenvalue weighted by Gasteiger charge is -2.30. The number of aryl methyl sites for hydroxylation is 1. The number of hydrogen-bond donors (Lipinski definition) is 1. The second-order valence-electron chi connectivity index (χ2n) is 11.7. The maximum Gasteiger partial charge on any atom is 0.308 e. The van der Waals surface area contributed by atoms with Crippen LogP contribution in [0.5, 0.6) is 23.0 Å². The number of ether oxygens (including phenoxy) is 4.